The van der Waals surface area contributed by atoms with Gasteiger partial charge in [-0.3, -0.25) is 0 Å². The second kappa shape index (κ2) is 8.31. The zero-order valence-electron chi connectivity index (χ0n) is 18.3. The minimum Gasteiger partial charge on any atom is -0.324 e. The number of hydrogen-bond acceptors (Lipinski definition) is 6. The van der Waals surface area contributed by atoms with Crippen molar-refractivity contribution in [2.24, 2.45) is 14.1 Å². The molecule has 4 rings (SSSR count). The van der Waals surface area contributed by atoms with Crippen molar-refractivity contribution in [3.8, 4) is 29.0 Å². The van der Waals surface area contributed by atoms with Gasteiger partial charge in [-0.15, -0.1) is 0 Å². The lowest BCUT2D eigenvalue weighted by molar-refractivity contribution is -0.141. The first-order chi connectivity index (χ1) is 16.3. The summed E-state index contributed by atoms with van der Waals surface area (Å²) in [6.45, 7) is 1.40. The van der Waals surface area contributed by atoms with Crippen LogP contribution in [0.5, 0.6) is 0 Å². The van der Waals surface area contributed by atoms with Gasteiger partial charge in [-0.25, -0.2) is 27.8 Å². The van der Waals surface area contributed by atoms with E-state index in [0.29, 0.717) is 0 Å². The third-order valence-corrected chi connectivity index (χ3v) is 7.53. The summed E-state index contributed by atoms with van der Waals surface area (Å²) in [5.74, 6) is -1.39. The first-order valence-corrected chi connectivity index (χ1v) is 11.9. The molecule has 1 aromatic carbocycles. The van der Waals surface area contributed by atoms with Gasteiger partial charge in [-0.1, -0.05) is 18.5 Å². The van der Waals surface area contributed by atoms with Crippen molar-refractivity contribution in [1.29, 1.82) is 5.26 Å². The lowest BCUT2D eigenvalue weighted by atomic mass is 10.1. The van der Waals surface area contributed by atoms with Crippen LogP contribution in [-0.2, 0) is 30.1 Å². The van der Waals surface area contributed by atoms with Gasteiger partial charge in [-0.05, 0) is 18.2 Å². The van der Waals surface area contributed by atoms with Crippen molar-refractivity contribution in [2.45, 2.75) is 18.1 Å². The Kier molecular flexibility index (Phi) is 5.85. The topological polar surface area (TPSA) is 106 Å². The molecule has 0 amide bonds. The molecule has 0 saturated heterocycles. The molecule has 0 atom stereocenters. The fraction of sp³-hybridized carbons (Fsp3) is 0.238. The van der Waals surface area contributed by atoms with Crippen molar-refractivity contribution in [3.05, 3.63) is 46.5 Å². The maximum Gasteiger partial charge on any atom is 0.433 e. The van der Waals surface area contributed by atoms with E-state index in [-0.39, 0.29) is 55.3 Å². The highest BCUT2D eigenvalue weighted by atomic mass is 35.5. The first-order valence-electron chi connectivity index (χ1n) is 9.89. The molecule has 3 aromatic heterocycles. The van der Waals surface area contributed by atoms with E-state index < -0.39 is 27.5 Å². The van der Waals surface area contributed by atoms with Crippen LogP contribution in [0.1, 0.15) is 18.2 Å². The molecule has 0 unspecified atom stereocenters. The monoisotopic (exact) mass is 526 g/mol. The molecular weight excluding hydrogens is 512 g/mol. The maximum absolute atomic E-state index is 14.8. The van der Waals surface area contributed by atoms with E-state index in [0.717, 1.165) is 29.0 Å². The number of aromatic nitrogens is 5. The number of aryl methyl sites for hydroxylation is 1. The van der Waals surface area contributed by atoms with Crippen molar-refractivity contribution < 1.29 is 26.0 Å². The molecule has 0 radical (unpaired) electrons. The fourth-order valence-electron chi connectivity index (χ4n) is 3.62. The van der Waals surface area contributed by atoms with Crippen molar-refractivity contribution >= 4 is 32.5 Å². The van der Waals surface area contributed by atoms with Gasteiger partial charge in [0.1, 0.15) is 29.1 Å². The van der Waals surface area contributed by atoms with Gasteiger partial charge < -0.3 is 9.13 Å². The van der Waals surface area contributed by atoms with Gasteiger partial charge in [-0.2, -0.15) is 18.4 Å². The summed E-state index contributed by atoms with van der Waals surface area (Å²) in [4.78, 5) is 11.9. The third-order valence-electron chi connectivity index (χ3n) is 5.40. The summed E-state index contributed by atoms with van der Waals surface area (Å²) in [6.07, 6.45) is -3.73. The van der Waals surface area contributed by atoms with E-state index in [1.165, 1.54) is 25.6 Å². The summed E-state index contributed by atoms with van der Waals surface area (Å²) < 4.78 is 82.7. The molecule has 0 aliphatic carbocycles. The Labute approximate surface area is 201 Å². The summed E-state index contributed by atoms with van der Waals surface area (Å²) in [5.41, 5.74) is -1.48. The Balaban J connectivity index is 2.05. The average molecular weight is 527 g/mol. The fourth-order valence-corrected chi connectivity index (χ4v) is 5.03. The van der Waals surface area contributed by atoms with E-state index in [9.17, 15) is 31.2 Å². The number of pyridine rings is 1. The number of halogens is 5. The number of nitrogens with zero attached hydrogens (tertiary/aromatic N) is 6. The lowest BCUT2D eigenvalue weighted by Crippen LogP contribution is -2.11. The number of sulfone groups is 1. The molecule has 35 heavy (non-hydrogen) atoms. The largest absolute Gasteiger partial charge is 0.433 e. The molecular formula is C21H15ClF4N6O2S. The van der Waals surface area contributed by atoms with Crippen molar-refractivity contribution in [1.82, 2.24) is 24.1 Å². The number of imidazole rings is 2. The Morgan fingerprint density at radius 2 is 1.80 bits per heavy atom. The third kappa shape index (κ3) is 4.02. The van der Waals surface area contributed by atoms with Crippen LogP contribution in [0, 0.1) is 17.1 Å². The predicted octanol–water partition coefficient (Wildman–Crippen LogP) is 4.51. The van der Waals surface area contributed by atoms with Gasteiger partial charge in [0, 0.05) is 14.1 Å². The first kappa shape index (κ1) is 24.6. The van der Waals surface area contributed by atoms with Gasteiger partial charge >= 0.3 is 6.18 Å². The van der Waals surface area contributed by atoms with Gasteiger partial charge in [0.15, 0.2) is 20.7 Å². The van der Waals surface area contributed by atoms with E-state index in [4.69, 9.17) is 11.6 Å². The standard InChI is InChI=1S/C21H15ClF4N6O2S/c1-4-35(33,34)20-17(19-29-14-7-16(21(24,25)26)28-9-15(14)31(19)2)30-18(32(20)3)11-5-10(8-27)12(22)6-13(11)23/h5-7,9H,4H2,1-3H3. The summed E-state index contributed by atoms with van der Waals surface area (Å²) in [6, 6.07) is 4.62. The maximum atomic E-state index is 14.8. The number of benzene rings is 1. The van der Waals surface area contributed by atoms with E-state index in [1.54, 1.807) is 0 Å². The molecule has 0 aliphatic heterocycles. The lowest BCUT2D eigenvalue weighted by Gasteiger charge is -2.08. The quantitative estimate of drug-likeness (QED) is 0.362. The van der Waals surface area contributed by atoms with Crippen LogP contribution in [0.3, 0.4) is 0 Å². The smallest absolute Gasteiger partial charge is 0.324 e. The Morgan fingerprint density at radius 1 is 1.11 bits per heavy atom. The van der Waals surface area contributed by atoms with Crippen molar-refractivity contribution in [2.75, 3.05) is 5.75 Å². The number of alkyl halides is 3. The SMILES string of the molecule is CCS(=O)(=O)c1c(-c2nc3cc(C(F)(F)F)ncc3n2C)nc(-c2cc(C#N)c(Cl)cc2F)n1C. The summed E-state index contributed by atoms with van der Waals surface area (Å²) >= 11 is 5.88. The Hall–Kier alpha value is -3.50. The number of hydrogen-bond donors (Lipinski definition) is 0. The normalized spacial score (nSPS) is 12.3. The van der Waals surface area contributed by atoms with E-state index >= 15 is 0 Å². The Bertz CT molecular complexity index is 1650. The van der Waals surface area contributed by atoms with Gasteiger partial charge in [0.05, 0.1) is 39.1 Å². The van der Waals surface area contributed by atoms with Gasteiger partial charge in [0.2, 0.25) is 0 Å². The summed E-state index contributed by atoms with van der Waals surface area (Å²) in [7, 11) is -1.17. The minimum absolute atomic E-state index is 0.0546. The van der Waals surface area contributed by atoms with Crippen LogP contribution < -0.4 is 0 Å². The van der Waals surface area contributed by atoms with Crippen molar-refractivity contribution in [3.63, 3.8) is 0 Å². The highest BCUT2D eigenvalue weighted by Crippen LogP contribution is 2.36. The van der Waals surface area contributed by atoms with Crippen LogP contribution in [0.15, 0.2) is 29.4 Å². The highest BCUT2D eigenvalue weighted by molar-refractivity contribution is 7.91. The molecule has 0 aliphatic rings. The van der Waals surface area contributed by atoms with Crippen LogP contribution >= 0.6 is 11.6 Å². The highest BCUT2D eigenvalue weighted by Gasteiger charge is 2.34. The molecule has 14 heteroatoms. The summed E-state index contributed by atoms with van der Waals surface area (Å²) in [5, 5.41) is 8.83. The molecule has 182 valence electrons. The number of nitriles is 1. The predicted molar refractivity (Wildman–Crippen MR) is 119 cm³/mol. The number of rotatable bonds is 4. The second-order valence-corrected chi connectivity index (χ2v) is 10.1. The minimum atomic E-state index is -4.70. The average Bonchev–Trinajstić information content (AvgIpc) is 3.30. The van der Waals surface area contributed by atoms with Crippen LogP contribution in [-0.4, -0.2) is 38.3 Å². The Morgan fingerprint density at radius 3 is 2.40 bits per heavy atom. The molecule has 8 nitrogen and oxygen atoms in total. The molecule has 0 spiro atoms. The molecule has 0 fully saturated rings. The van der Waals surface area contributed by atoms with Crippen LogP contribution in [0.4, 0.5) is 17.6 Å². The van der Waals surface area contributed by atoms with Gasteiger partial charge in [0.25, 0.3) is 0 Å². The zero-order valence-corrected chi connectivity index (χ0v) is 19.9. The van der Waals surface area contributed by atoms with Crippen LogP contribution in [0.2, 0.25) is 5.02 Å². The molecule has 0 bridgehead atoms. The molecule has 0 N–H and O–H groups in total. The van der Waals surface area contributed by atoms with E-state index in [1.807, 2.05) is 6.07 Å². The number of fused-ring (bicyclic) bond motifs is 1. The molecule has 3 heterocycles. The van der Waals surface area contributed by atoms with E-state index in [2.05, 4.69) is 15.0 Å². The molecule has 4 aromatic rings. The molecule has 0 saturated carbocycles. The second-order valence-electron chi connectivity index (χ2n) is 7.53. The van der Waals surface area contributed by atoms with Crippen LogP contribution in [0.25, 0.3) is 33.9 Å². The zero-order chi connectivity index (χ0) is 25.9.